The van der Waals surface area contributed by atoms with Gasteiger partial charge < -0.3 is 9.84 Å². The Morgan fingerprint density at radius 2 is 2.00 bits per heavy atom. The maximum Gasteiger partial charge on any atom is 0.342 e. The van der Waals surface area contributed by atoms with Crippen LogP contribution in [0, 0.1) is 19.5 Å². The highest BCUT2D eigenvalue weighted by atomic mass is 127. The van der Waals surface area contributed by atoms with Gasteiger partial charge in [0.25, 0.3) is 5.69 Å². The molecule has 2 rings (SSSR count). The number of halogens is 2. The number of hydrogen-bond acceptors (Lipinski definition) is 4. The number of rotatable bonds is 4. The zero-order chi connectivity index (χ0) is 15.6. The standard InChI is InChI=1S/C13H7FINO5/c14-8-2-1-3-11(12(8)13(17)18)21-10-5-4-7(16(19)20)6-9(10)15/h1-6H,(H,17,18). The van der Waals surface area contributed by atoms with Gasteiger partial charge in [-0.25, -0.2) is 9.18 Å². The quantitative estimate of drug-likeness (QED) is 0.476. The van der Waals surface area contributed by atoms with Crippen molar-refractivity contribution in [3.63, 3.8) is 0 Å². The van der Waals surface area contributed by atoms with E-state index < -0.39 is 22.3 Å². The SMILES string of the molecule is O=C(O)c1c(F)cccc1Oc1ccc([N+](=O)[O-])cc1I. The van der Waals surface area contributed by atoms with Crippen molar-refractivity contribution in [2.24, 2.45) is 0 Å². The average molecular weight is 403 g/mol. The molecule has 0 atom stereocenters. The number of carbonyl (C=O) groups is 1. The third kappa shape index (κ3) is 3.27. The molecule has 0 aliphatic heterocycles. The van der Waals surface area contributed by atoms with Gasteiger partial charge in [0.2, 0.25) is 0 Å². The van der Waals surface area contributed by atoms with Crippen molar-refractivity contribution >= 4 is 34.2 Å². The lowest BCUT2D eigenvalue weighted by Crippen LogP contribution is -2.04. The number of ether oxygens (including phenoxy) is 1. The summed E-state index contributed by atoms with van der Waals surface area (Å²) in [5.74, 6) is -2.35. The molecule has 0 heterocycles. The van der Waals surface area contributed by atoms with E-state index in [1.165, 1.54) is 30.3 Å². The summed E-state index contributed by atoms with van der Waals surface area (Å²) >= 11 is 1.81. The van der Waals surface area contributed by atoms with E-state index >= 15 is 0 Å². The molecule has 0 amide bonds. The molecule has 0 unspecified atom stereocenters. The van der Waals surface area contributed by atoms with E-state index in [1.54, 1.807) is 0 Å². The number of hydrogen-bond donors (Lipinski definition) is 1. The summed E-state index contributed by atoms with van der Waals surface area (Å²) in [4.78, 5) is 21.1. The molecule has 6 nitrogen and oxygen atoms in total. The van der Waals surface area contributed by atoms with E-state index in [4.69, 9.17) is 9.84 Å². The number of non-ortho nitro benzene ring substituents is 1. The van der Waals surface area contributed by atoms with Gasteiger partial charge in [-0.3, -0.25) is 10.1 Å². The predicted molar refractivity (Wildman–Crippen MR) is 79.2 cm³/mol. The lowest BCUT2D eigenvalue weighted by molar-refractivity contribution is -0.385. The molecular formula is C13H7FINO5. The molecule has 0 saturated carbocycles. The Morgan fingerprint density at radius 1 is 1.29 bits per heavy atom. The lowest BCUT2D eigenvalue weighted by atomic mass is 10.2. The second-order valence-electron chi connectivity index (χ2n) is 3.89. The number of carboxylic acid groups (broad SMARTS) is 1. The first-order chi connectivity index (χ1) is 9.90. The molecule has 8 heteroatoms. The molecule has 0 radical (unpaired) electrons. The van der Waals surface area contributed by atoms with E-state index in [1.807, 2.05) is 22.6 Å². The van der Waals surface area contributed by atoms with E-state index in [0.717, 1.165) is 6.07 Å². The van der Waals surface area contributed by atoms with Gasteiger partial charge in [-0.2, -0.15) is 0 Å². The largest absolute Gasteiger partial charge is 0.477 e. The van der Waals surface area contributed by atoms with Crippen LogP contribution in [0.1, 0.15) is 10.4 Å². The number of nitro benzene ring substituents is 1. The Hall–Kier alpha value is -2.23. The van der Waals surface area contributed by atoms with Crippen LogP contribution in [0.25, 0.3) is 0 Å². The monoisotopic (exact) mass is 403 g/mol. The van der Waals surface area contributed by atoms with Crippen molar-refractivity contribution < 1.29 is 24.0 Å². The number of benzene rings is 2. The van der Waals surface area contributed by atoms with Gasteiger partial charge in [0.05, 0.1) is 8.49 Å². The van der Waals surface area contributed by atoms with Crippen molar-refractivity contribution in [1.82, 2.24) is 0 Å². The summed E-state index contributed by atoms with van der Waals surface area (Å²) in [5.41, 5.74) is -0.712. The summed E-state index contributed by atoms with van der Waals surface area (Å²) in [7, 11) is 0. The van der Waals surface area contributed by atoms with Gasteiger partial charge in [-0.15, -0.1) is 0 Å². The fraction of sp³-hybridized carbons (Fsp3) is 0. The molecule has 2 aromatic carbocycles. The van der Waals surface area contributed by atoms with Crippen LogP contribution in [0.4, 0.5) is 10.1 Å². The minimum atomic E-state index is -1.46. The van der Waals surface area contributed by atoms with Gasteiger partial charge in [0, 0.05) is 12.1 Å². The summed E-state index contributed by atoms with van der Waals surface area (Å²) in [6, 6.07) is 7.46. The first kappa shape index (κ1) is 15.2. The Balaban J connectivity index is 2.42. The Morgan fingerprint density at radius 3 is 2.57 bits per heavy atom. The molecule has 108 valence electrons. The van der Waals surface area contributed by atoms with Crippen LogP contribution in [0.2, 0.25) is 0 Å². The summed E-state index contributed by atoms with van der Waals surface area (Å²) in [5, 5.41) is 19.6. The molecule has 1 N–H and O–H groups in total. The Kier molecular flexibility index (Phi) is 4.36. The van der Waals surface area contributed by atoms with E-state index in [2.05, 4.69) is 0 Å². The fourth-order valence-corrected chi connectivity index (χ4v) is 2.21. The minimum Gasteiger partial charge on any atom is -0.477 e. The van der Waals surface area contributed by atoms with Gasteiger partial charge in [-0.05, 0) is 40.8 Å². The molecule has 0 aromatic heterocycles. The third-order valence-electron chi connectivity index (χ3n) is 2.54. The summed E-state index contributed by atoms with van der Waals surface area (Å²) in [6.45, 7) is 0. The number of aromatic carboxylic acids is 1. The number of carboxylic acids is 1. The number of nitro groups is 1. The third-order valence-corrected chi connectivity index (χ3v) is 3.38. The Labute approximate surface area is 131 Å². The highest BCUT2D eigenvalue weighted by Crippen LogP contribution is 2.32. The maximum absolute atomic E-state index is 13.5. The van der Waals surface area contributed by atoms with Crippen LogP contribution in [0.5, 0.6) is 11.5 Å². The van der Waals surface area contributed by atoms with Gasteiger partial charge >= 0.3 is 5.97 Å². The van der Waals surface area contributed by atoms with Gasteiger partial charge in [-0.1, -0.05) is 6.07 Å². The highest BCUT2D eigenvalue weighted by Gasteiger charge is 2.19. The first-order valence-corrected chi connectivity index (χ1v) is 6.61. The molecule has 0 saturated heterocycles. The highest BCUT2D eigenvalue weighted by molar-refractivity contribution is 14.1. The minimum absolute atomic E-state index is 0.121. The summed E-state index contributed by atoms with van der Waals surface area (Å²) < 4.78 is 19.3. The van der Waals surface area contributed by atoms with Crippen LogP contribution in [0.15, 0.2) is 36.4 Å². The average Bonchev–Trinajstić information content (AvgIpc) is 2.40. The van der Waals surface area contributed by atoms with Crippen molar-refractivity contribution in [2.75, 3.05) is 0 Å². The smallest absolute Gasteiger partial charge is 0.342 e. The maximum atomic E-state index is 13.5. The zero-order valence-electron chi connectivity index (χ0n) is 10.2. The fourth-order valence-electron chi connectivity index (χ4n) is 1.60. The Bertz CT molecular complexity index is 734. The van der Waals surface area contributed by atoms with Crippen LogP contribution in [0.3, 0.4) is 0 Å². The zero-order valence-corrected chi connectivity index (χ0v) is 12.4. The molecule has 0 fully saturated rings. The van der Waals surface area contributed by atoms with E-state index in [0.29, 0.717) is 3.57 Å². The van der Waals surface area contributed by atoms with Crippen molar-refractivity contribution in [1.29, 1.82) is 0 Å². The topological polar surface area (TPSA) is 89.7 Å². The first-order valence-electron chi connectivity index (χ1n) is 5.53. The lowest BCUT2D eigenvalue weighted by Gasteiger charge is -2.10. The van der Waals surface area contributed by atoms with Crippen molar-refractivity contribution in [2.45, 2.75) is 0 Å². The normalized spacial score (nSPS) is 10.2. The van der Waals surface area contributed by atoms with Crippen LogP contribution in [-0.2, 0) is 0 Å². The molecular weight excluding hydrogens is 396 g/mol. The second kappa shape index (κ2) is 6.04. The van der Waals surface area contributed by atoms with Gasteiger partial charge in [0.15, 0.2) is 0 Å². The van der Waals surface area contributed by atoms with Crippen LogP contribution in [-0.4, -0.2) is 16.0 Å². The summed E-state index contributed by atoms with van der Waals surface area (Å²) in [6.07, 6.45) is 0. The van der Waals surface area contributed by atoms with Crippen LogP contribution >= 0.6 is 22.6 Å². The molecule has 0 bridgehead atoms. The molecule has 0 aliphatic rings. The van der Waals surface area contributed by atoms with Crippen molar-refractivity contribution in [3.05, 3.63) is 61.5 Å². The molecule has 0 spiro atoms. The number of nitrogens with zero attached hydrogens (tertiary/aromatic N) is 1. The molecule has 0 aliphatic carbocycles. The van der Waals surface area contributed by atoms with Crippen molar-refractivity contribution in [3.8, 4) is 11.5 Å². The van der Waals surface area contributed by atoms with E-state index in [9.17, 15) is 19.3 Å². The molecule has 2 aromatic rings. The second-order valence-corrected chi connectivity index (χ2v) is 5.05. The van der Waals surface area contributed by atoms with Crippen LogP contribution < -0.4 is 4.74 Å². The van der Waals surface area contributed by atoms with E-state index in [-0.39, 0.29) is 17.2 Å². The van der Waals surface area contributed by atoms with Gasteiger partial charge in [0.1, 0.15) is 22.9 Å². The predicted octanol–water partition coefficient (Wildman–Crippen LogP) is 3.83. The molecule has 21 heavy (non-hydrogen) atoms.